The molecule has 0 saturated heterocycles. The first-order valence-electron chi connectivity index (χ1n) is 5.44. The van der Waals surface area contributed by atoms with Crippen LogP contribution in [0, 0.1) is 5.82 Å². The highest BCUT2D eigenvalue weighted by atomic mass is 79.9. The maximum Gasteiger partial charge on any atom is 0.348 e. The number of hydrogen-bond acceptors (Lipinski definition) is 3. The van der Waals surface area contributed by atoms with Crippen LogP contribution in [0.1, 0.15) is 16.6 Å². The smallest absolute Gasteiger partial charge is 0.348 e. The lowest BCUT2D eigenvalue weighted by Gasteiger charge is -2.00. The normalized spacial score (nSPS) is 10.5. The molecule has 0 radical (unpaired) electrons. The van der Waals surface area contributed by atoms with Gasteiger partial charge in [0.15, 0.2) is 0 Å². The van der Waals surface area contributed by atoms with Crippen LogP contribution < -0.4 is 0 Å². The van der Waals surface area contributed by atoms with E-state index in [1.807, 2.05) is 0 Å². The summed E-state index contributed by atoms with van der Waals surface area (Å²) in [6.07, 6.45) is 0. The summed E-state index contributed by atoms with van der Waals surface area (Å²) in [5.41, 5.74) is 0.623. The van der Waals surface area contributed by atoms with E-state index in [1.165, 1.54) is 23.5 Å². The summed E-state index contributed by atoms with van der Waals surface area (Å²) >= 11 is 10.4. The first-order chi connectivity index (χ1) is 9.01. The van der Waals surface area contributed by atoms with Gasteiger partial charge in [0.05, 0.1) is 6.61 Å². The largest absolute Gasteiger partial charge is 0.462 e. The second-order valence-corrected chi connectivity index (χ2v) is 6.01. The van der Waals surface area contributed by atoms with Crippen molar-refractivity contribution in [2.45, 2.75) is 6.92 Å². The summed E-state index contributed by atoms with van der Waals surface area (Å²) in [6, 6.07) is 5.92. The molecule has 1 heterocycles. The molecule has 0 fully saturated rings. The Kier molecular flexibility index (Phi) is 4.60. The van der Waals surface area contributed by atoms with Gasteiger partial charge in [0, 0.05) is 14.4 Å². The number of benzene rings is 1. The topological polar surface area (TPSA) is 26.3 Å². The fraction of sp³-hybridized carbons (Fsp3) is 0.154. The van der Waals surface area contributed by atoms with Crippen LogP contribution >= 0.6 is 38.9 Å². The van der Waals surface area contributed by atoms with Crippen LogP contribution in [0.15, 0.2) is 28.7 Å². The van der Waals surface area contributed by atoms with Gasteiger partial charge in [-0.05, 0) is 52.7 Å². The lowest BCUT2D eigenvalue weighted by molar-refractivity contribution is 0.0532. The number of rotatable bonds is 3. The molecule has 1 aromatic heterocycles. The molecule has 0 saturated carbocycles. The summed E-state index contributed by atoms with van der Waals surface area (Å²) in [4.78, 5) is 12.8. The van der Waals surface area contributed by atoms with Gasteiger partial charge in [-0.3, -0.25) is 0 Å². The van der Waals surface area contributed by atoms with E-state index in [1.54, 1.807) is 19.1 Å². The molecule has 0 amide bonds. The molecule has 19 heavy (non-hydrogen) atoms. The van der Waals surface area contributed by atoms with E-state index in [0.29, 0.717) is 26.5 Å². The first kappa shape index (κ1) is 14.5. The van der Waals surface area contributed by atoms with Crippen molar-refractivity contribution in [1.29, 1.82) is 0 Å². The molecule has 2 rings (SSSR count). The van der Waals surface area contributed by atoms with Crippen LogP contribution in [0.2, 0.25) is 5.02 Å². The molecule has 0 bridgehead atoms. The molecule has 0 atom stereocenters. The van der Waals surface area contributed by atoms with Crippen molar-refractivity contribution >= 4 is 44.8 Å². The Morgan fingerprint density at radius 1 is 1.42 bits per heavy atom. The zero-order chi connectivity index (χ0) is 14.0. The molecule has 0 spiro atoms. The lowest BCUT2D eigenvalue weighted by atomic mass is 10.2. The average molecular weight is 364 g/mol. The molecule has 6 heteroatoms. The van der Waals surface area contributed by atoms with Crippen molar-refractivity contribution < 1.29 is 13.9 Å². The van der Waals surface area contributed by atoms with Crippen molar-refractivity contribution in [3.05, 3.63) is 44.5 Å². The molecule has 2 aromatic rings. The predicted octanol–water partition coefficient (Wildman–Crippen LogP) is 5.15. The molecule has 100 valence electrons. The van der Waals surface area contributed by atoms with Crippen molar-refractivity contribution in [3.63, 3.8) is 0 Å². The first-order valence-corrected chi connectivity index (χ1v) is 7.43. The number of ether oxygens (including phenoxy) is 1. The third kappa shape index (κ3) is 3.35. The number of carbonyl (C=O) groups excluding carboxylic acids is 1. The van der Waals surface area contributed by atoms with Crippen LogP contribution in [0.4, 0.5) is 4.39 Å². The molecule has 0 aliphatic heterocycles. The van der Waals surface area contributed by atoms with Crippen molar-refractivity contribution in [2.24, 2.45) is 0 Å². The molecule has 1 aromatic carbocycles. The summed E-state index contributed by atoms with van der Waals surface area (Å²) in [5, 5.41) is 0.313. The number of hydrogen-bond donors (Lipinski definition) is 0. The highest BCUT2D eigenvalue weighted by molar-refractivity contribution is 9.10. The Morgan fingerprint density at radius 2 is 2.16 bits per heavy atom. The van der Waals surface area contributed by atoms with E-state index in [-0.39, 0.29) is 5.97 Å². The van der Waals surface area contributed by atoms with Gasteiger partial charge in [0.1, 0.15) is 10.7 Å². The van der Waals surface area contributed by atoms with Crippen molar-refractivity contribution in [2.75, 3.05) is 6.61 Å². The molecule has 0 unspecified atom stereocenters. The SMILES string of the molecule is CCOC(=O)c1cc(Br)c(-c2cc(F)cc(Cl)c2)s1. The number of thiophene rings is 1. The number of carbonyl (C=O) groups is 1. The van der Waals surface area contributed by atoms with Crippen molar-refractivity contribution in [1.82, 2.24) is 0 Å². The Labute approximate surface area is 127 Å². The maximum atomic E-state index is 13.3. The van der Waals surface area contributed by atoms with E-state index < -0.39 is 5.82 Å². The number of esters is 1. The van der Waals surface area contributed by atoms with Gasteiger partial charge in [-0.25, -0.2) is 9.18 Å². The third-order valence-corrected chi connectivity index (χ3v) is 4.56. The van der Waals surface area contributed by atoms with Crippen LogP contribution in [0.25, 0.3) is 10.4 Å². The minimum Gasteiger partial charge on any atom is -0.462 e. The molecule has 2 nitrogen and oxygen atoms in total. The standard InChI is InChI=1S/C13H9BrClFO2S/c1-2-18-13(17)11-6-10(14)12(19-11)7-3-8(15)5-9(16)4-7/h3-6H,2H2,1H3. The summed E-state index contributed by atoms with van der Waals surface area (Å²) in [6.45, 7) is 2.06. The maximum absolute atomic E-state index is 13.3. The summed E-state index contributed by atoms with van der Waals surface area (Å²) in [7, 11) is 0. The number of halogens is 3. The van der Waals surface area contributed by atoms with Crippen LogP contribution in [0.3, 0.4) is 0 Å². The highest BCUT2D eigenvalue weighted by Gasteiger charge is 2.16. The Bertz CT molecular complexity index is 607. The van der Waals surface area contributed by atoms with E-state index in [9.17, 15) is 9.18 Å². The minimum atomic E-state index is -0.416. The summed E-state index contributed by atoms with van der Waals surface area (Å²) in [5.74, 6) is -0.803. The molecular formula is C13H9BrClFO2S. The van der Waals surface area contributed by atoms with E-state index in [2.05, 4.69) is 15.9 Å². The van der Waals surface area contributed by atoms with E-state index in [0.717, 1.165) is 4.88 Å². The lowest BCUT2D eigenvalue weighted by Crippen LogP contribution is -2.01. The summed E-state index contributed by atoms with van der Waals surface area (Å²) < 4.78 is 19.0. The van der Waals surface area contributed by atoms with Gasteiger partial charge < -0.3 is 4.74 Å². The predicted molar refractivity (Wildman–Crippen MR) is 78.4 cm³/mol. The Hall–Kier alpha value is -0.910. The van der Waals surface area contributed by atoms with Crippen LogP contribution in [-0.2, 0) is 4.74 Å². The van der Waals surface area contributed by atoms with Gasteiger partial charge >= 0.3 is 5.97 Å². The van der Waals surface area contributed by atoms with Gasteiger partial charge in [0.25, 0.3) is 0 Å². The fourth-order valence-electron chi connectivity index (χ4n) is 1.55. The van der Waals surface area contributed by atoms with E-state index in [4.69, 9.17) is 16.3 Å². The zero-order valence-corrected chi connectivity index (χ0v) is 13.0. The van der Waals surface area contributed by atoms with E-state index >= 15 is 0 Å². The minimum absolute atomic E-state index is 0.313. The van der Waals surface area contributed by atoms with Gasteiger partial charge in [-0.15, -0.1) is 11.3 Å². The third-order valence-electron chi connectivity index (χ3n) is 2.29. The molecular weight excluding hydrogens is 355 g/mol. The Morgan fingerprint density at radius 3 is 2.79 bits per heavy atom. The molecule has 0 aliphatic rings. The van der Waals surface area contributed by atoms with Crippen LogP contribution in [0.5, 0.6) is 0 Å². The van der Waals surface area contributed by atoms with Gasteiger partial charge in [-0.2, -0.15) is 0 Å². The quantitative estimate of drug-likeness (QED) is 0.705. The average Bonchev–Trinajstić information content (AvgIpc) is 2.70. The highest BCUT2D eigenvalue weighted by Crippen LogP contribution is 2.38. The molecule has 0 aliphatic carbocycles. The van der Waals surface area contributed by atoms with Gasteiger partial charge in [0.2, 0.25) is 0 Å². The molecule has 0 N–H and O–H groups in total. The monoisotopic (exact) mass is 362 g/mol. The van der Waals surface area contributed by atoms with Crippen LogP contribution in [-0.4, -0.2) is 12.6 Å². The second-order valence-electron chi connectivity index (χ2n) is 3.67. The fourth-order valence-corrected chi connectivity index (χ4v) is 3.56. The zero-order valence-electron chi connectivity index (χ0n) is 9.88. The van der Waals surface area contributed by atoms with Gasteiger partial charge in [-0.1, -0.05) is 11.6 Å². The van der Waals surface area contributed by atoms with Crippen molar-refractivity contribution in [3.8, 4) is 10.4 Å². The second kappa shape index (κ2) is 6.03. The Balaban J connectivity index is 2.42.